The fourth-order valence-electron chi connectivity index (χ4n) is 2.24. The first kappa shape index (κ1) is 17.3. The molecule has 2 aromatic rings. The highest BCUT2D eigenvalue weighted by atomic mass is 19.4. The molecule has 0 aliphatic carbocycles. The summed E-state index contributed by atoms with van der Waals surface area (Å²) in [5.74, 6) is 0.579. The summed E-state index contributed by atoms with van der Waals surface area (Å²) in [5.41, 5.74) is -0.194. The molecule has 0 saturated heterocycles. The van der Waals surface area contributed by atoms with Crippen LogP contribution in [0.5, 0.6) is 5.75 Å². The number of halogens is 3. The minimum atomic E-state index is -4.48. The minimum absolute atomic E-state index is 0.288. The Bertz CT molecular complexity index is 671. The second-order valence-corrected chi connectivity index (χ2v) is 5.52. The van der Waals surface area contributed by atoms with Gasteiger partial charge < -0.3 is 15.0 Å². The molecule has 0 radical (unpaired) electrons. The zero-order chi connectivity index (χ0) is 17.0. The Morgan fingerprint density at radius 1 is 1.22 bits per heavy atom. The highest BCUT2D eigenvalue weighted by Crippen LogP contribution is 2.34. The van der Waals surface area contributed by atoms with E-state index in [2.05, 4.69) is 10.3 Å². The van der Waals surface area contributed by atoms with Crippen LogP contribution >= 0.6 is 0 Å². The third kappa shape index (κ3) is 4.48. The topological polar surface area (TPSA) is 37.4 Å². The maximum absolute atomic E-state index is 13.0. The fraction of sp³-hybridized carbons (Fsp3) is 0.438. The van der Waals surface area contributed by atoms with Gasteiger partial charge >= 0.3 is 6.18 Å². The lowest BCUT2D eigenvalue weighted by Crippen LogP contribution is -2.17. The number of alkyl halides is 3. The average molecular weight is 327 g/mol. The highest BCUT2D eigenvalue weighted by molar-refractivity contribution is 5.92. The van der Waals surface area contributed by atoms with Crippen molar-refractivity contribution < 1.29 is 17.9 Å². The molecule has 2 rings (SSSR count). The van der Waals surface area contributed by atoms with Gasteiger partial charge in [0, 0.05) is 17.6 Å². The monoisotopic (exact) mass is 327 g/mol. The predicted octanol–water partition coefficient (Wildman–Crippen LogP) is 3.63. The van der Waals surface area contributed by atoms with Crippen molar-refractivity contribution in [1.82, 2.24) is 9.88 Å². The summed E-state index contributed by atoms with van der Waals surface area (Å²) in [7, 11) is 5.42. The molecule has 0 bridgehead atoms. The average Bonchev–Trinajstić information content (AvgIpc) is 2.49. The number of anilines is 1. The molecular weight excluding hydrogens is 307 g/mol. The number of methoxy groups -OCH3 is 1. The van der Waals surface area contributed by atoms with Crippen LogP contribution in [-0.4, -0.2) is 44.2 Å². The molecule has 126 valence electrons. The standard InChI is InChI=1S/C16H20F3N3O/c1-22(2)8-4-7-20-14-10-15(16(17,18)19)21-13-6-5-11(23-3)9-12(13)14/h5-6,9-10H,4,7-8H2,1-3H3,(H,20,21). The molecule has 0 spiro atoms. The molecule has 0 fully saturated rings. The molecule has 23 heavy (non-hydrogen) atoms. The second kappa shape index (κ2) is 7.04. The zero-order valence-corrected chi connectivity index (χ0v) is 13.4. The third-order valence-corrected chi connectivity index (χ3v) is 3.40. The van der Waals surface area contributed by atoms with Gasteiger partial charge in [-0.1, -0.05) is 0 Å². The van der Waals surface area contributed by atoms with E-state index in [-0.39, 0.29) is 5.52 Å². The molecule has 0 aliphatic heterocycles. The van der Waals surface area contributed by atoms with E-state index < -0.39 is 11.9 Å². The van der Waals surface area contributed by atoms with Crippen molar-refractivity contribution in [3.05, 3.63) is 30.0 Å². The summed E-state index contributed by atoms with van der Waals surface area (Å²) in [6.45, 7) is 1.43. The Labute approximate surface area is 133 Å². The van der Waals surface area contributed by atoms with Crippen LogP contribution in [0.2, 0.25) is 0 Å². The van der Waals surface area contributed by atoms with Crippen molar-refractivity contribution in [3.8, 4) is 5.75 Å². The lowest BCUT2D eigenvalue weighted by Gasteiger charge is -2.15. The van der Waals surface area contributed by atoms with Crippen LogP contribution in [0.4, 0.5) is 18.9 Å². The van der Waals surface area contributed by atoms with Crippen LogP contribution in [0.15, 0.2) is 24.3 Å². The summed E-state index contributed by atoms with van der Waals surface area (Å²) in [6, 6.07) is 5.88. The van der Waals surface area contributed by atoms with Gasteiger partial charge in [0.05, 0.1) is 12.6 Å². The molecule has 4 nitrogen and oxygen atoms in total. The number of pyridine rings is 1. The Balaban J connectivity index is 2.36. The largest absolute Gasteiger partial charge is 0.497 e. The van der Waals surface area contributed by atoms with E-state index in [1.807, 2.05) is 19.0 Å². The Hall–Kier alpha value is -2.02. The number of rotatable bonds is 6. The number of nitrogens with one attached hydrogen (secondary N) is 1. The van der Waals surface area contributed by atoms with Gasteiger partial charge in [0.1, 0.15) is 11.4 Å². The van der Waals surface area contributed by atoms with Crippen LogP contribution in [0.25, 0.3) is 10.9 Å². The number of benzene rings is 1. The van der Waals surface area contributed by atoms with E-state index in [1.54, 1.807) is 12.1 Å². The maximum Gasteiger partial charge on any atom is 0.433 e. The SMILES string of the molecule is COc1ccc2nc(C(F)(F)F)cc(NCCCN(C)C)c2c1. The van der Waals surface area contributed by atoms with Gasteiger partial charge in [-0.15, -0.1) is 0 Å². The fourth-order valence-corrected chi connectivity index (χ4v) is 2.24. The maximum atomic E-state index is 13.0. The quantitative estimate of drug-likeness (QED) is 0.822. The molecule has 7 heteroatoms. The molecule has 0 aliphatic rings. The van der Waals surface area contributed by atoms with Crippen molar-refractivity contribution in [2.75, 3.05) is 39.6 Å². The van der Waals surface area contributed by atoms with Gasteiger partial charge in [-0.25, -0.2) is 4.98 Å². The van der Waals surface area contributed by atoms with E-state index >= 15 is 0 Å². The van der Waals surface area contributed by atoms with Crippen molar-refractivity contribution in [2.45, 2.75) is 12.6 Å². The second-order valence-electron chi connectivity index (χ2n) is 5.52. The van der Waals surface area contributed by atoms with Crippen LogP contribution in [0.3, 0.4) is 0 Å². The molecule has 1 heterocycles. The van der Waals surface area contributed by atoms with Crippen molar-refractivity contribution in [2.24, 2.45) is 0 Å². The first-order chi connectivity index (χ1) is 10.8. The smallest absolute Gasteiger partial charge is 0.433 e. The van der Waals surface area contributed by atoms with Crippen molar-refractivity contribution >= 4 is 16.6 Å². The van der Waals surface area contributed by atoms with Crippen molar-refractivity contribution in [1.29, 1.82) is 0 Å². The lowest BCUT2D eigenvalue weighted by atomic mass is 10.1. The zero-order valence-electron chi connectivity index (χ0n) is 13.4. The van der Waals surface area contributed by atoms with Gasteiger partial charge in [-0.3, -0.25) is 0 Å². The summed E-state index contributed by atoms with van der Waals surface area (Å²) < 4.78 is 44.2. The summed E-state index contributed by atoms with van der Waals surface area (Å²) >= 11 is 0. The first-order valence-electron chi connectivity index (χ1n) is 7.26. The number of nitrogens with zero attached hydrogens (tertiary/aromatic N) is 2. The number of ether oxygens (including phenoxy) is 1. The molecule has 0 unspecified atom stereocenters. The molecule has 0 atom stereocenters. The minimum Gasteiger partial charge on any atom is -0.497 e. The predicted molar refractivity (Wildman–Crippen MR) is 85.0 cm³/mol. The lowest BCUT2D eigenvalue weighted by molar-refractivity contribution is -0.140. The first-order valence-corrected chi connectivity index (χ1v) is 7.26. The molecule has 1 aromatic carbocycles. The molecule has 0 amide bonds. The molecular formula is C16H20F3N3O. The van der Waals surface area contributed by atoms with E-state index in [0.717, 1.165) is 19.0 Å². The molecule has 1 aromatic heterocycles. The summed E-state index contributed by atoms with van der Waals surface area (Å²) in [5, 5.41) is 3.70. The highest BCUT2D eigenvalue weighted by Gasteiger charge is 2.33. The summed E-state index contributed by atoms with van der Waals surface area (Å²) in [6.07, 6.45) is -3.66. The van der Waals surface area contributed by atoms with Crippen LogP contribution in [-0.2, 0) is 6.18 Å². The summed E-state index contributed by atoms with van der Waals surface area (Å²) in [4.78, 5) is 5.73. The van der Waals surface area contributed by atoms with Gasteiger partial charge in [0.25, 0.3) is 0 Å². The van der Waals surface area contributed by atoms with Crippen molar-refractivity contribution in [3.63, 3.8) is 0 Å². The van der Waals surface area contributed by atoms with E-state index in [1.165, 1.54) is 13.2 Å². The Morgan fingerprint density at radius 3 is 2.57 bits per heavy atom. The Morgan fingerprint density at radius 2 is 1.96 bits per heavy atom. The Kier molecular flexibility index (Phi) is 5.30. The van der Waals surface area contributed by atoms with E-state index in [0.29, 0.717) is 23.4 Å². The normalized spacial score (nSPS) is 12.0. The van der Waals surface area contributed by atoms with E-state index in [9.17, 15) is 13.2 Å². The molecule has 1 N–H and O–H groups in total. The van der Waals surface area contributed by atoms with Gasteiger partial charge in [0.15, 0.2) is 0 Å². The third-order valence-electron chi connectivity index (χ3n) is 3.40. The van der Waals surface area contributed by atoms with E-state index in [4.69, 9.17) is 4.74 Å². The number of fused-ring (bicyclic) bond motifs is 1. The number of aromatic nitrogens is 1. The van der Waals surface area contributed by atoms with Gasteiger partial charge in [-0.2, -0.15) is 13.2 Å². The molecule has 0 saturated carbocycles. The van der Waals surface area contributed by atoms with Crippen LogP contribution in [0.1, 0.15) is 12.1 Å². The number of hydrogen-bond acceptors (Lipinski definition) is 4. The van der Waals surface area contributed by atoms with Crippen LogP contribution in [0, 0.1) is 0 Å². The number of hydrogen-bond donors (Lipinski definition) is 1. The van der Waals surface area contributed by atoms with Gasteiger partial charge in [0.2, 0.25) is 0 Å². The van der Waals surface area contributed by atoms with Crippen LogP contribution < -0.4 is 10.1 Å². The van der Waals surface area contributed by atoms with Gasteiger partial charge in [-0.05, 0) is 51.3 Å².